The average Bonchev–Trinajstić information content (AvgIpc) is 3.05. The van der Waals surface area contributed by atoms with Crippen molar-refractivity contribution < 1.29 is 9.59 Å². The van der Waals surface area contributed by atoms with Gasteiger partial charge in [-0.05, 0) is 62.1 Å². The van der Waals surface area contributed by atoms with Gasteiger partial charge in [-0.15, -0.1) is 0 Å². The molecule has 0 fully saturated rings. The Hall–Kier alpha value is -5.74. The number of ketones is 2. The van der Waals surface area contributed by atoms with Crippen LogP contribution in [-0.4, -0.2) is 11.6 Å². The van der Waals surface area contributed by atoms with Crippen molar-refractivity contribution in [2.75, 3.05) is 11.5 Å². The van der Waals surface area contributed by atoms with Gasteiger partial charge >= 0.3 is 0 Å². The van der Waals surface area contributed by atoms with Crippen LogP contribution < -0.4 is 11.5 Å². The number of rotatable bonds is 4. The average molecular weight is 599 g/mol. The van der Waals surface area contributed by atoms with E-state index >= 15 is 4.79 Å². The van der Waals surface area contributed by atoms with Crippen LogP contribution in [-0.2, 0) is 0 Å². The largest absolute Gasteiger partial charge is 0.398 e. The molecule has 4 heteroatoms. The van der Waals surface area contributed by atoms with E-state index in [0.29, 0.717) is 50.3 Å². The van der Waals surface area contributed by atoms with Gasteiger partial charge in [-0.3, -0.25) is 9.59 Å². The third kappa shape index (κ3) is 4.62. The Kier molecular flexibility index (Phi) is 6.94. The van der Waals surface area contributed by atoms with E-state index in [4.69, 9.17) is 11.5 Å². The minimum atomic E-state index is -0.246. The van der Waals surface area contributed by atoms with E-state index in [-0.39, 0.29) is 11.6 Å². The van der Waals surface area contributed by atoms with Gasteiger partial charge in [0.15, 0.2) is 11.6 Å². The first-order valence-electron chi connectivity index (χ1n) is 15.4. The maximum Gasteiger partial charge on any atom is 0.195 e. The highest BCUT2D eigenvalue weighted by Crippen LogP contribution is 2.51. The second kappa shape index (κ2) is 11.0. The third-order valence-electron chi connectivity index (χ3n) is 9.06. The zero-order valence-electron chi connectivity index (χ0n) is 26.4. The van der Waals surface area contributed by atoms with Crippen LogP contribution >= 0.6 is 0 Å². The zero-order valence-corrected chi connectivity index (χ0v) is 26.4. The summed E-state index contributed by atoms with van der Waals surface area (Å²) in [5.74, 6) is -0.492. The first-order valence-corrected chi connectivity index (χ1v) is 15.4. The van der Waals surface area contributed by atoms with Gasteiger partial charge in [0.1, 0.15) is 0 Å². The van der Waals surface area contributed by atoms with Crippen molar-refractivity contribution in [1.82, 2.24) is 0 Å². The molecule has 0 bridgehead atoms. The molecule has 0 saturated heterocycles. The Bertz CT molecular complexity index is 2190. The van der Waals surface area contributed by atoms with Crippen molar-refractivity contribution in [3.8, 4) is 44.5 Å². The fourth-order valence-electron chi connectivity index (χ4n) is 6.61. The van der Waals surface area contributed by atoms with Crippen LogP contribution in [0.1, 0.15) is 54.1 Å². The Balaban J connectivity index is 1.66. The lowest BCUT2D eigenvalue weighted by Gasteiger charge is -2.29. The van der Waals surface area contributed by atoms with Crippen LogP contribution in [0.5, 0.6) is 0 Å². The fourth-order valence-corrected chi connectivity index (χ4v) is 6.61. The fraction of sp³-hybridized carbons (Fsp3) is 0.0952. The first kappa shape index (κ1) is 29.0. The van der Waals surface area contributed by atoms with Crippen LogP contribution in [0.25, 0.3) is 44.5 Å². The van der Waals surface area contributed by atoms with Crippen LogP contribution in [0.15, 0.2) is 109 Å². The molecule has 1 aliphatic rings. The van der Waals surface area contributed by atoms with E-state index in [1.54, 1.807) is 12.1 Å². The summed E-state index contributed by atoms with van der Waals surface area (Å²) in [7, 11) is 0. The van der Waals surface area contributed by atoms with E-state index < -0.39 is 0 Å². The Morgan fingerprint density at radius 2 is 0.696 bits per heavy atom. The number of benzene rings is 6. The topological polar surface area (TPSA) is 86.2 Å². The van der Waals surface area contributed by atoms with E-state index in [0.717, 1.165) is 50.1 Å². The van der Waals surface area contributed by atoms with Crippen molar-refractivity contribution in [3.63, 3.8) is 0 Å². The van der Waals surface area contributed by atoms with Crippen LogP contribution in [0, 0.1) is 27.7 Å². The molecule has 0 unspecified atom stereocenters. The van der Waals surface area contributed by atoms with E-state index in [2.05, 4.69) is 0 Å². The van der Waals surface area contributed by atoms with Gasteiger partial charge in [-0.2, -0.15) is 0 Å². The predicted molar refractivity (Wildman–Crippen MR) is 189 cm³/mol. The van der Waals surface area contributed by atoms with Crippen LogP contribution in [0.4, 0.5) is 11.4 Å². The van der Waals surface area contributed by atoms with Crippen molar-refractivity contribution >= 4 is 22.9 Å². The molecule has 0 amide bonds. The summed E-state index contributed by atoms with van der Waals surface area (Å²) in [6.07, 6.45) is 0. The zero-order chi connectivity index (χ0) is 32.3. The number of anilines is 2. The molecule has 1 aliphatic carbocycles. The van der Waals surface area contributed by atoms with Crippen LogP contribution in [0.2, 0.25) is 0 Å². The Morgan fingerprint density at radius 3 is 1.13 bits per heavy atom. The highest BCUT2D eigenvalue weighted by atomic mass is 16.1. The van der Waals surface area contributed by atoms with Crippen molar-refractivity contribution in [1.29, 1.82) is 0 Å². The summed E-state index contributed by atoms with van der Waals surface area (Å²) in [5, 5.41) is 0. The van der Waals surface area contributed by atoms with Crippen molar-refractivity contribution in [3.05, 3.63) is 154 Å². The highest BCUT2D eigenvalue weighted by molar-refractivity contribution is 6.36. The maximum atomic E-state index is 15.3. The minimum absolute atomic E-state index is 0.246. The number of hydrogen-bond donors (Lipinski definition) is 2. The van der Waals surface area contributed by atoms with E-state index in [1.807, 2.05) is 125 Å². The molecule has 6 aromatic carbocycles. The summed E-state index contributed by atoms with van der Waals surface area (Å²) in [6, 6.07) is 35.4. The summed E-state index contributed by atoms with van der Waals surface area (Å²) in [6.45, 7) is 8.09. The molecule has 6 aromatic rings. The molecule has 46 heavy (non-hydrogen) atoms. The lowest BCUT2D eigenvalue weighted by Crippen LogP contribution is -2.25. The van der Waals surface area contributed by atoms with Gasteiger partial charge in [-0.1, -0.05) is 119 Å². The molecule has 0 radical (unpaired) electrons. The van der Waals surface area contributed by atoms with Gasteiger partial charge in [0.05, 0.1) is 0 Å². The Morgan fingerprint density at radius 1 is 0.348 bits per heavy atom. The highest BCUT2D eigenvalue weighted by Gasteiger charge is 2.39. The SMILES string of the molecule is Cc1ccc(-c2c(N)ccc3c2C(=O)c2c(c(-c4ccc(C)cc4)c(N)c(-c4ccc(C)cc4)c2-c2ccc(C)cc2)C3=O)cc1. The van der Waals surface area contributed by atoms with Gasteiger partial charge < -0.3 is 11.5 Å². The monoisotopic (exact) mass is 598 g/mol. The molecular weight excluding hydrogens is 564 g/mol. The molecule has 0 aliphatic heterocycles. The third-order valence-corrected chi connectivity index (χ3v) is 9.06. The lowest BCUT2D eigenvalue weighted by molar-refractivity contribution is 0.0980. The lowest BCUT2D eigenvalue weighted by atomic mass is 9.72. The molecular formula is C42H34N2O2. The van der Waals surface area contributed by atoms with Gasteiger partial charge in [-0.25, -0.2) is 0 Å². The molecule has 4 nitrogen and oxygen atoms in total. The number of nitrogens with two attached hydrogens (primary N) is 2. The summed E-state index contributed by atoms with van der Waals surface area (Å²) < 4.78 is 0. The van der Waals surface area contributed by atoms with Crippen LogP contribution in [0.3, 0.4) is 0 Å². The summed E-state index contributed by atoms with van der Waals surface area (Å²) >= 11 is 0. The number of hydrogen-bond acceptors (Lipinski definition) is 4. The maximum absolute atomic E-state index is 15.3. The smallest absolute Gasteiger partial charge is 0.195 e. The van der Waals surface area contributed by atoms with E-state index in [9.17, 15) is 4.79 Å². The van der Waals surface area contributed by atoms with E-state index in [1.165, 1.54) is 0 Å². The molecule has 0 spiro atoms. The molecule has 224 valence electrons. The van der Waals surface area contributed by atoms with Crippen molar-refractivity contribution in [2.45, 2.75) is 27.7 Å². The molecule has 4 N–H and O–H groups in total. The van der Waals surface area contributed by atoms with Gasteiger partial charge in [0.2, 0.25) is 0 Å². The molecule has 0 saturated carbocycles. The first-order chi connectivity index (χ1) is 22.1. The summed E-state index contributed by atoms with van der Waals surface area (Å²) in [4.78, 5) is 30.2. The number of nitrogen functional groups attached to an aromatic ring is 2. The number of aryl methyl sites for hydroxylation is 4. The summed E-state index contributed by atoms with van der Waals surface area (Å²) in [5.41, 5.74) is 26.2. The second-order valence-electron chi connectivity index (χ2n) is 12.4. The standard InChI is InChI=1S/C42H34N2O2/c1-23-5-13-27(14-6-23)33-32(43)22-21-31-37(33)42(46)38-34(28-15-7-24(2)8-16-28)35(29-17-9-25(3)10-18-29)40(44)36(39(38)41(31)45)30-19-11-26(4)12-20-30/h5-22H,43-44H2,1-4H3. The number of carbonyl (C=O) groups excluding carboxylic acids is 2. The molecule has 0 aromatic heterocycles. The Labute approximate surface area is 269 Å². The second-order valence-corrected chi connectivity index (χ2v) is 12.4. The molecule has 0 heterocycles. The molecule has 7 rings (SSSR count). The minimum Gasteiger partial charge on any atom is -0.398 e. The normalized spacial score (nSPS) is 12.2. The van der Waals surface area contributed by atoms with Gasteiger partial charge in [0.25, 0.3) is 0 Å². The van der Waals surface area contributed by atoms with Gasteiger partial charge in [0, 0.05) is 55.9 Å². The predicted octanol–water partition coefficient (Wildman–Crippen LogP) is 9.53. The quantitative estimate of drug-likeness (QED) is 0.198. The number of fused-ring (bicyclic) bond motifs is 2. The van der Waals surface area contributed by atoms with Crippen molar-refractivity contribution in [2.24, 2.45) is 0 Å². The molecule has 0 atom stereocenters. The number of carbonyl (C=O) groups is 2.